The van der Waals surface area contributed by atoms with Gasteiger partial charge in [-0.2, -0.15) is 22.0 Å². The third-order valence-corrected chi connectivity index (χ3v) is 2.54. The lowest BCUT2D eigenvalue weighted by Crippen LogP contribution is -2.05. The highest BCUT2D eigenvalue weighted by Crippen LogP contribution is 2.38. The standard InChI is InChI=1S/C9H3ClF5N3O2/c10-8(11,12)7-16-4-1-3(9(13,14)15)2-5(18(19)20)6(4)17-7/h1-2H,(H,16,17). The van der Waals surface area contributed by atoms with Crippen LogP contribution in [0, 0.1) is 10.1 Å². The van der Waals surface area contributed by atoms with Crippen molar-refractivity contribution in [3.05, 3.63) is 33.6 Å². The number of hydrogen-bond acceptors (Lipinski definition) is 3. The Kier molecular flexibility index (Phi) is 3.08. The van der Waals surface area contributed by atoms with Crippen LogP contribution in [0.1, 0.15) is 11.4 Å². The van der Waals surface area contributed by atoms with Gasteiger partial charge in [-0.25, -0.2) is 4.98 Å². The third kappa shape index (κ3) is 2.50. The number of nitro benzene ring substituents is 1. The minimum Gasteiger partial charge on any atom is -0.336 e. The van der Waals surface area contributed by atoms with Gasteiger partial charge in [-0.05, 0) is 17.7 Å². The average molecular weight is 316 g/mol. The summed E-state index contributed by atoms with van der Waals surface area (Å²) < 4.78 is 63.4. The summed E-state index contributed by atoms with van der Waals surface area (Å²) >= 11 is 4.67. The van der Waals surface area contributed by atoms with E-state index in [1.165, 1.54) is 0 Å². The predicted molar refractivity (Wildman–Crippen MR) is 57.5 cm³/mol. The Labute approximate surface area is 111 Å². The number of nitro groups is 1. The Morgan fingerprint density at radius 3 is 2.30 bits per heavy atom. The molecule has 0 saturated carbocycles. The molecule has 108 valence electrons. The number of aromatic amines is 1. The molecule has 0 fully saturated rings. The molecule has 20 heavy (non-hydrogen) atoms. The van der Waals surface area contributed by atoms with Crippen LogP contribution in [-0.4, -0.2) is 14.9 Å². The van der Waals surface area contributed by atoms with E-state index in [0.717, 1.165) is 0 Å². The minimum atomic E-state index is -4.87. The van der Waals surface area contributed by atoms with Crippen LogP contribution in [0.25, 0.3) is 11.0 Å². The highest BCUT2D eigenvalue weighted by molar-refractivity contribution is 6.21. The second-order valence-electron chi connectivity index (χ2n) is 3.73. The van der Waals surface area contributed by atoms with Crippen molar-refractivity contribution < 1.29 is 26.9 Å². The van der Waals surface area contributed by atoms with Crippen LogP contribution in [0.3, 0.4) is 0 Å². The summed E-state index contributed by atoms with van der Waals surface area (Å²) in [4.78, 5) is 14.6. The smallest absolute Gasteiger partial charge is 0.336 e. The molecular weight excluding hydrogens is 313 g/mol. The normalized spacial score (nSPS) is 12.9. The molecule has 1 N–H and O–H groups in total. The number of alkyl halides is 6. The summed E-state index contributed by atoms with van der Waals surface area (Å²) in [5, 5.41) is 6.74. The zero-order valence-electron chi connectivity index (χ0n) is 9.13. The van der Waals surface area contributed by atoms with E-state index in [4.69, 9.17) is 0 Å². The molecule has 2 aromatic rings. The van der Waals surface area contributed by atoms with E-state index in [0.29, 0.717) is 6.07 Å². The number of aromatic nitrogens is 2. The molecule has 0 atom stereocenters. The predicted octanol–water partition coefficient (Wildman–Crippen LogP) is 3.78. The maximum atomic E-state index is 12.8. The fourth-order valence-corrected chi connectivity index (χ4v) is 1.63. The second kappa shape index (κ2) is 4.27. The summed E-state index contributed by atoms with van der Waals surface area (Å²) in [6.45, 7) is 0. The van der Waals surface area contributed by atoms with Gasteiger partial charge < -0.3 is 4.98 Å². The molecule has 0 bridgehead atoms. The van der Waals surface area contributed by atoms with Crippen LogP contribution < -0.4 is 0 Å². The van der Waals surface area contributed by atoms with Crippen LogP contribution in [-0.2, 0) is 11.6 Å². The van der Waals surface area contributed by atoms with E-state index in [2.05, 4.69) is 16.6 Å². The molecule has 11 heteroatoms. The maximum absolute atomic E-state index is 12.8. The third-order valence-electron chi connectivity index (χ3n) is 2.36. The van der Waals surface area contributed by atoms with Crippen molar-refractivity contribution in [3.63, 3.8) is 0 Å². The molecule has 0 aliphatic heterocycles. The highest BCUT2D eigenvalue weighted by atomic mass is 35.5. The zero-order valence-corrected chi connectivity index (χ0v) is 9.89. The largest absolute Gasteiger partial charge is 0.416 e. The van der Waals surface area contributed by atoms with E-state index in [-0.39, 0.29) is 6.07 Å². The van der Waals surface area contributed by atoms with E-state index in [1.54, 1.807) is 0 Å². The number of hydrogen-bond donors (Lipinski definition) is 1. The summed E-state index contributed by atoms with van der Waals surface area (Å²) in [5.41, 5.74) is -3.58. The lowest BCUT2D eigenvalue weighted by atomic mass is 10.1. The fraction of sp³-hybridized carbons (Fsp3) is 0.222. The van der Waals surface area contributed by atoms with Gasteiger partial charge in [0.2, 0.25) is 0 Å². The minimum absolute atomic E-state index is 0.222. The van der Waals surface area contributed by atoms with Gasteiger partial charge in [0, 0.05) is 6.07 Å². The lowest BCUT2D eigenvalue weighted by molar-refractivity contribution is -0.383. The van der Waals surface area contributed by atoms with E-state index in [9.17, 15) is 32.1 Å². The monoisotopic (exact) mass is 315 g/mol. The van der Waals surface area contributed by atoms with Crippen molar-refractivity contribution in [1.82, 2.24) is 9.97 Å². The summed E-state index contributed by atoms with van der Waals surface area (Å²) in [7, 11) is 0. The molecule has 0 spiro atoms. The second-order valence-corrected chi connectivity index (χ2v) is 4.20. The highest BCUT2D eigenvalue weighted by Gasteiger charge is 2.37. The molecule has 0 radical (unpaired) electrons. The number of nitrogens with zero attached hydrogens (tertiary/aromatic N) is 2. The Balaban J connectivity index is 2.78. The molecule has 0 saturated heterocycles. The van der Waals surface area contributed by atoms with Crippen molar-refractivity contribution in [2.45, 2.75) is 11.6 Å². The van der Waals surface area contributed by atoms with Gasteiger partial charge in [-0.1, -0.05) is 0 Å². The first kappa shape index (κ1) is 14.4. The Morgan fingerprint density at radius 1 is 1.25 bits per heavy atom. The first-order valence-corrected chi connectivity index (χ1v) is 5.20. The SMILES string of the molecule is O=[N+]([O-])c1cc(C(F)(F)F)cc2[nH]c(C(F)(F)Cl)nc12. The van der Waals surface area contributed by atoms with Crippen molar-refractivity contribution in [1.29, 1.82) is 0 Å². The van der Waals surface area contributed by atoms with E-state index >= 15 is 0 Å². The zero-order chi connectivity index (χ0) is 15.3. The lowest BCUT2D eigenvalue weighted by Gasteiger charge is -2.05. The van der Waals surface area contributed by atoms with E-state index in [1.807, 2.05) is 4.98 Å². The van der Waals surface area contributed by atoms with Crippen LogP contribution in [0.5, 0.6) is 0 Å². The van der Waals surface area contributed by atoms with Gasteiger partial charge in [-0.3, -0.25) is 10.1 Å². The Hall–Kier alpha value is -1.97. The van der Waals surface area contributed by atoms with Crippen molar-refractivity contribution in [2.75, 3.05) is 0 Å². The van der Waals surface area contributed by atoms with Gasteiger partial charge in [-0.15, -0.1) is 0 Å². The molecule has 0 aliphatic rings. The van der Waals surface area contributed by atoms with Crippen LogP contribution in [0.4, 0.5) is 27.6 Å². The van der Waals surface area contributed by atoms with Crippen LogP contribution in [0.15, 0.2) is 12.1 Å². The Bertz CT molecular complexity index is 691. The molecule has 0 aliphatic carbocycles. The summed E-state index contributed by atoms with van der Waals surface area (Å²) in [6, 6.07) is 0.667. The van der Waals surface area contributed by atoms with Gasteiger partial charge in [0.1, 0.15) is 0 Å². The van der Waals surface area contributed by atoms with Crippen LogP contribution in [0.2, 0.25) is 0 Å². The number of imidazole rings is 1. The number of rotatable bonds is 2. The number of benzene rings is 1. The fourth-order valence-electron chi connectivity index (χ4n) is 1.54. The quantitative estimate of drug-likeness (QED) is 0.397. The molecule has 1 heterocycles. The number of fused-ring (bicyclic) bond motifs is 1. The molecule has 0 amide bonds. The summed E-state index contributed by atoms with van der Waals surface area (Å²) in [6.07, 6.45) is -4.87. The molecule has 1 aromatic heterocycles. The van der Waals surface area contributed by atoms with Crippen LogP contribution >= 0.6 is 11.6 Å². The number of nitrogens with one attached hydrogen (secondary N) is 1. The van der Waals surface area contributed by atoms with Crippen molar-refractivity contribution in [3.8, 4) is 0 Å². The molecular formula is C9H3ClF5N3O2. The molecule has 1 aromatic carbocycles. The first-order valence-electron chi connectivity index (χ1n) is 4.82. The number of halogens is 6. The maximum Gasteiger partial charge on any atom is 0.416 e. The summed E-state index contributed by atoms with van der Waals surface area (Å²) in [5.74, 6) is -1.17. The van der Waals surface area contributed by atoms with Crippen molar-refractivity contribution >= 4 is 28.3 Å². The first-order chi connectivity index (χ1) is 9.00. The number of H-pyrrole nitrogens is 1. The van der Waals surface area contributed by atoms with Gasteiger partial charge in [0.15, 0.2) is 11.3 Å². The van der Waals surface area contributed by atoms with Gasteiger partial charge in [0.05, 0.1) is 16.0 Å². The topological polar surface area (TPSA) is 71.8 Å². The van der Waals surface area contributed by atoms with E-state index < -0.39 is 44.6 Å². The van der Waals surface area contributed by atoms with Gasteiger partial charge >= 0.3 is 11.6 Å². The average Bonchev–Trinajstić information content (AvgIpc) is 2.68. The molecule has 5 nitrogen and oxygen atoms in total. The molecule has 0 unspecified atom stereocenters. The number of non-ortho nitro benzene ring substituents is 1. The van der Waals surface area contributed by atoms with Gasteiger partial charge in [0.25, 0.3) is 5.69 Å². The van der Waals surface area contributed by atoms with Crippen molar-refractivity contribution in [2.24, 2.45) is 0 Å². The Morgan fingerprint density at radius 2 is 1.85 bits per heavy atom. The molecule has 2 rings (SSSR count).